The molecular formula is C16H21N3O. The van der Waals surface area contributed by atoms with E-state index in [4.69, 9.17) is 5.73 Å². The first-order valence-corrected chi connectivity index (χ1v) is 7.31. The first kappa shape index (κ1) is 13.0. The van der Waals surface area contributed by atoms with Gasteiger partial charge in [-0.2, -0.15) is 0 Å². The number of nitrogens with zero attached hydrogens (tertiary/aromatic N) is 1. The predicted octanol–water partition coefficient (Wildman–Crippen LogP) is 3.01. The summed E-state index contributed by atoms with van der Waals surface area (Å²) in [5.41, 5.74) is 8.13. The third kappa shape index (κ3) is 2.50. The largest absolute Gasteiger partial charge is 0.399 e. The number of rotatable bonds is 1. The second kappa shape index (κ2) is 5.19. The molecule has 1 aliphatic rings. The van der Waals surface area contributed by atoms with E-state index in [1.54, 1.807) is 0 Å². The number of hydrogen-bond donors (Lipinski definition) is 2. The summed E-state index contributed by atoms with van der Waals surface area (Å²) >= 11 is 0. The van der Waals surface area contributed by atoms with Gasteiger partial charge in [-0.25, -0.2) is 0 Å². The van der Waals surface area contributed by atoms with Gasteiger partial charge in [-0.05, 0) is 49.4 Å². The molecule has 0 radical (unpaired) electrons. The highest BCUT2D eigenvalue weighted by Crippen LogP contribution is 2.21. The molecule has 4 nitrogen and oxygen atoms in total. The van der Waals surface area contributed by atoms with Crippen LogP contribution < -0.4 is 5.73 Å². The zero-order valence-corrected chi connectivity index (χ0v) is 11.9. The molecule has 1 aliphatic heterocycles. The molecule has 3 N–H and O–H groups in total. The number of anilines is 1. The Bertz CT molecular complexity index is 632. The Hall–Kier alpha value is -1.97. The number of likely N-dealkylation sites (tertiary alicyclic amines) is 1. The normalized spacial score (nSPS) is 20.1. The van der Waals surface area contributed by atoms with Crippen LogP contribution in [0.2, 0.25) is 0 Å². The Labute approximate surface area is 118 Å². The van der Waals surface area contributed by atoms with Crippen LogP contribution in [0.25, 0.3) is 10.9 Å². The van der Waals surface area contributed by atoms with Crippen LogP contribution in [0.5, 0.6) is 0 Å². The Kier molecular flexibility index (Phi) is 3.38. The smallest absolute Gasteiger partial charge is 0.270 e. The molecular weight excluding hydrogens is 250 g/mol. The highest BCUT2D eigenvalue weighted by Gasteiger charge is 2.21. The van der Waals surface area contributed by atoms with Crippen LogP contribution >= 0.6 is 0 Å². The number of hydrogen-bond acceptors (Lipinski definition) is 2. The molecule has 106 valence electrons. The van der Waals surface area contributed by atoms with E-state index in [1.807, 2.05) is 29.2 Å². The Balaban J connectivity index is 1.84. The van der Waals surface area contributed by atoms with E-state index < -0.39 is 0 Å². The molecule has 0 spiro atoms. The fourth-order valence-corrected chi connectivity index (χ4v) is 2.90. The number of benzene rings is 1. The third-order valence-corrected chi connectivity index (χ3v) is 4.18. The van der Waals surface area contributed by atoms with Crippen LogP contribution in [0.15, 0.2) is 24.3 Å². The summed E-state index contributed by atoms with van der Waals surface area (Å²) in [7, 11) is 0. The van der Waals surface area contributed by atoms with E-state index in [0.29, 0.717) is 5.69 Å². The SMILES string of the molecule is CC1CCCN(C(=O)c2cc3cc(N)ccc3[nH]2)CC1. The van der Waals surface area contributed by atoms with Gasteiger partial charge in [0.2, 0.25) is 0 Å². The molecule has 1 fully saturated rings. The average molecular weight is 271 g/mol. The van der Waals surface area contributed by atoms with E-state index in [9.17, 15) is 4.79 Å². The van der Waals surface area contributed by atoms with E-state index >= 15 is 0 Å². The van der Waals surface area contributed by atoms with Gasteiger partial charge in [0, 0.05) is 29.7 Å². The van der Waals surface area contributed by atoms with E-state index in [0.717, 1.165) is 48.4 Å². The standard InChI is InChI=1S/C16H21N3O/c1-11-3-2-7-19(8-6-11)16(20)15-10-12-9-13(17)4-5-14(12)18-15/h4-5,9-11,18H,2-3,6-8,17H2,1H3. The minimum absolute atomic E-state index is 0.105. The maximum absolute atomic E-state index is 12.6. The first-order valence-electron chi connectivity index (χ1n) is 7.31. The van der Waals surface area contributed by atoms with Crippen LogP contribution in [-0.2, 0) is 0 Å². The van der Waals surface area contributed by atoms with Crippen molar-refractivity contribution < 1.29 is 4.79 Å². The monoisotopic (exact) mass is 271 g/mol. The number of amides is 1. The number of fused-ring (bicyclic) bond motifs is 1. The van der Waals surface area contributed by atoms with Crippen molar-refractivity contribution >= 4 is 22.5 Å². The first-order chi connectivity index (χ1) is 9.63. The van der Waals surface area contributed by atoms with Crippen LogP contribution in [0.4, 0.5) is 5.69 Å². The maximum atomic E-state index is 12.6. The molecule has 2 aromatic rings. The van der Waals surface area contributed by atoms with Crippen molar-refractivity contribution in [3.8, 4) is 0 Å². The van der Waals surface area contributed by atoms with Crippen molar-refractivity contribution in [1.82, 2.24) is 9.88 Å². The third-order valence-electron chi connectivity index (χ3n) is 4.18. The van der Waals surface area contributed by atoms with Crippen molar-refractivity contribution in [2.75, 3.05) is 18.8 Å². The molecule has 1 aromatic carbocycles. The van der Waals surface area contributed by atoms with Crippen LogP contribution in [0, 0.1) is 5.92 Å². The van der Waals surface area contributed by atoms with Crippen molar-refractivity contribution in [3.05, 3.63) is 30.0 Å². The maximum Gasteiger partial charge on any atom is 0.270 e. The van der Waals surface area contributed by atoms with Gasteiger partial charge in [-0.3, -0.25) is 4.79 Å². The lowest BCUT2D eigenvalue weighted by Gasteiger charge is -2.19. The minimum Gasteiger partial charge on any atom is -0.399 e. The summed E-state index contributed by atoms with van der Waals surface area (Å²) in [6, 6.07) is 7.57. The van der Waals surface area contributed by atoms with Gasteiger partial charge >= 0.3 is 0 Å². The molecule has 1 amide bonds. The quantitative estimate of drug-likeness (QED) is 0.783. The zero-order chi connectivity index (χ0) is 14.1. The summed E-state index contributed by atoms with van der Waals surface area (Å²) in [5.74, 6) is 0.823. The summed E-state index contributed by atoms with van der Waals surface area (Å²) in [6.45, 7) is 3.98. The van der Waals surface area contributed by atoms with E-state index in [1.165, 1.54) is 6.42 Å². The molecule has 4 heteroatoms. The molecule has 1 atom stereocenters. The Morgan fingerprint density at radius 3 is 3.00 bits per heavy atom. The summed E-state index contributed by atoms with van der Waals surface area (Å²) in [4.78, 5) is 17.8. The fourth-order valence-electron chi connectivity index (χ4n) is 2.90. The molecule has 2 heterocycles. The lowest BCUT2D eigenvalue weighted by atomic mass is 10.0. The molecule has 0 aliphatic carbocycles. The highest BCUT2D eigenvalue weighted by atomic mass is 16.2. The summed E-state index contributed by atoms with van der Waals surface area (Å²) in [5, 5.41) is 0.997. The number of aromatic amines is 1. The number of carbonyl (C=O) groups excluding carboxylic acids is 1. The highest BCUT2D eigenvalue weighted by molar-refractivity contribution is 5.98. The van der Waals surface area contributed by atoms with Crippen LogP contribution in [-0.4, -0.2) is 28.9 Å². The van der Waals surface area contributed by atoms with Gasteiger partial charge in [-0.1, -0.05) is 6.92 Å². The molecule has 3 rings (SSSR count). The molecule has 1 saturated heterocycles. The molecule has 20 heavy (non-hydrogen) atoms. The van der Waals surface area contributed by atoms with Gasteiger partial charge in [0.25, 0.3) is 5.91 Å². The number of H-pyrrole nitrogens is 1. The second-order valence-electron chi connectivity index (χ2n) is 5.86. The van der Waals surface area contributed by atoms with E-state index in [2.05, 4.69) is 11.9 Å². The van der Waals surface area contributed by atoms with Gasteiger partial charge in [0.05, 0.1) is 0 Å². The lowest BCUT2D eigenvalue weighted by molar-refractivity contribution is 0.0755. The zero-order valence-electron chi connectivity index (χ0n) is 11.9. The van der Waals surface area contributed by atoms with Crippen molar-refractivity contribution in [3.63, 3.8) is 0 Å². The number of carbonyl (C=O) groups is 1. The summed E-state index contributed by atoms with van der Waals surface area (Å²) < 4.78 is 0. The Morgan fingerprint density at radius 2 is 2.15 bits per heavy atom. The van der Waals surface area contributed by atoms with E-state index in [-0.39, 0.29) is 5.91 Å². The summed E-state index contributed by atoms with van der Waals surface area (Å²) in [6.07, 6.45) is 3.41. The topological polar surface area (TPSA) is 62.1 Å². The van der Waals surface area contributed by atoms with Gasteiger partial charge in [0.1, 0.15) is 5.69 Å². The molecule has 1 aromatic heterocycles. The average Bonchev–Trinajstić information content (AvgIpc) is 2.72. The minimum atomic E-state index is 0.105. The lowest BCUT2D eigenvalue weighted by Crippen LogP contribution is -2.32. The fraction of sp³-hybridized carbons (Fsp3) is 0.438. The number of nitrogens with one attached hydrogen (secondary N) is 1. The Morgan fingerprint density at radius 1 is 1.30 bits per heavy atom. The van der Waals surface area contributed by atoms with Crippen LogP contribution in [0.3, 0.4) is 0 Å². The van der Waals surface area contributed by atoms with Crippen molar-refractivity contribution in [1.29, 1.82) is 0 Å². The van der Waals surface area contributed by atoms with Gasteiger partial charge < -0.3 is 15.6 Å². The van der Waals surface area contributed by atoms with Crippen LogP contribution in [0.1, 0.15) is 36.7 Å². The second-order valence-corrected chi connectivity index (χ2v) is 5.86. The number of nitrogens with two attached hydrogens (primary N) is 1. The molecule has 0 bridgehead atoms. The predicted molar refractivity (Wildman–Crippen MR) is 81.6 cm³/mol. The van der Waals surface area contributed by atoms with Gasteiger partial charge in [0.15, 0.2) is 0 Å². The molecule has 1 unspecified atom stereocenters. The van der Waals surface area contributed by atoms with Crippen molar-refractivity contribution in [2.24, 2.45) is 5.92 Å². The van der Waals surface area contributed by atoms with Crippen molar-refractivity contribution in [2.45, 2.75) is 26.2 Å². The number of nitrogen functional groups attached to an aromatic ring is 1. The molecule has 0 saturated carbocycles. The number of aromatic nitrogens is 1. The van der Waals surface area contributed by atoms with Gasteiger partial charge in [-0.15, -0.1) is 0 Å².